The summed E-state index contributed by atoms with van der Waals surface area (Å²) in [6.07, 6.45) is -2.41. The summed E-state index contributed by atoms with van der Waals surface area (Å²) < 4.78 is 39.0. The molecular weight excluding hydrogens is 347 g/mol. The lowest BCUT2D eigenvalue weighted by Gasteiger charge is -2.16. The molecular formula is C18H20F3N3O2. The van der Waals surface area contributed by atoms with Gasteiger partial charge in [0.25, 0.3) is 5.56 Å². The second-order valence-corrected chi connectivity index (χ2v) is 6.19. The van der Waals surface area contributed by atoms with E-state index < -0.39 is 17.8 Å². The van der Waals surface area contributed by atoms with Crippen LogP contribution in [0, 0.1) is 6.92 Å². The van der Waals surface area contributed by atoms with Crippen molar-refractivity contribution in [2.24, 2.45) is 7.05 Å². The van der Waals surface area contributed by atoms with Crippen LogP contribution >= 0.6 is 0 Å². The Balaban J connectivity index is 1.98. The highest BCUT2D eigenvalue weighted by atomic mass is 19.4. The second kappa shape index (κ2) is 7.63. The number of hydrogen-bond donors (Lipinski definition) is 2. The number of aryl methyl sites for hydroxylation is 2. The zero-order chi connectivity index (χ0) is 19.5. The molecule has 0 bridgehead atoms. The third-order valence-corrected chi connectivity index (χ3v) is 3.92. The highest BCUT2D eigenvalue weighted by Crippen LogP contribution is 2.29. The topological polar surface area (TPSA) is 63.1 Å². The lowest BCUT2D eigenvalue weighted by Crippen LogP contribution is -2.39. The van der Waals surface area contributed by atoms with E-state index in [1.807, 2.05) is 0 Å². The molecule has 2 rings (SSSR count). The molecule has 1 aromatic carbocycles. The van der Waals surface area contributed by atoms with Crippen LogP contribution < -0.4 is 16.2 Å². The van der Waals surface area contributed by atoms with Gasteiger partial charge in [-0.3, -0.25) is 4.79 Å². The molecule has 8 heteroatoms. The molecule has 0 aliphatic heterocycles. The van der Waals surface area contributed by atoms with Gasteiger partial charge in [0.15, 0.2) is 0 Å². The Hall–Kier alpha value is -2.77. The fraction of sp³-hybridized carbons (Fsp3) is 0.333. The predicted octanol–water partition coefficient (Wildman–Crippen LogP) is 3.47. The number of amides is 2. The first-order chi connectivity index (χ1) is 12.1. The van der Waals surface area contributed by atoms with Crippen LogP contribution in [0.2, 0.25) is 0 Å². The molecule has 0 radical (unpaired) electrons. The van der Waals surface area contributed by atoms with E-state index >= 15 is 0 Å². The Kier molecular flexibility index (Phi) is 5.74. The molecule has 140 valence electrons. The SMILES string of the molecule is Cc1ccn(C)c(=O)c1NC(=O)NC(C)Cc1ccc(C(F)(F)F)cc1. The fourth-order valence-corrected chi connectivity index (χ4v) is 2.48. The number of nitrogens with one attached hydrogen (secondary N) is 2. The highest BCUT2D eigenvalue weighted by molar-refractivity contribution is 5.90. The number of benzene rings is 1. The Morgan fingerprint density at radius 3 is 2.38 bits per heavy atom. The minimum Gasteiger partial charge on any atom is -0.335 e. The first-order valence-electron chi connectivity index (χ1n) is 7.98. The monoisotopic (exact) mass is 367 g/mol. The molecule has 1 unspecified atom stereocenters. The molecule has 2 amide bonds. The fourth-order valence-electron chi connectivity index (χ4n) is 2.48. The average Bonchev–Trinajstić information content (AvgIpc) is 2.54. The number of aromatic nitrogens is 1. The molecule has 0 spiro atoms. The molecule has 0 aliphatic rings. The van der Waals surface area contributed by atoms with E-state index in [-0.39, 0.29) is 17.3 Å². The van der Waals surface area contributed by atoms with Gasteiger partial charge < -0.3 is 15.2 Å². The quantitative estimate of drug-likeness (QED) is 0.869. The van der Waals surface area contributed by atoms with Gasteiger partial charge in [-0.15, -0.1) is 0 Å². The van der Waals surface area contributed by atoms with Gasteiger partial charge in [0, 0.05) is 19.3 Å². The highest BCUT2D eigenvalue weighted by Gasteiger charge is 2.29. The molecule has 5 nitrogen and oxygen atoms in total. The average molecular weight is 367 g/mol. The summed E-state index contributed by atoms with van der Waals surface area (Å²) in [7, 11) is 1.58. The maximum Gasteiger partial charge on any atom is 0.416 e. The molecule has 1 heterocycles. The number of nitrogens with zero attached hydrogens (tertiary/aromatic N) is 1. The largest absolute Gasteiger partial charge is 0.416 e. The minimum absolute atomic E-state index is 0.189. The number of urea groups is 1. The number of hydrogen-bond acceptors (Lipinski definition) is 2. The van der Waals surface area contributed by atoms with Gasteiger partial charge in [-0.05, 0) is 49.6 Å². The smallest absolute Gasteiger partial charge is 0.335 e. The van der Waals surface area contributed by atoms with E-state index in [4.69, 9.17) is 0 Å². The van der Waals surface area contributed by atoms with E-state index in [0.717, 1.165) is 12.1 Å². The van der Waals surface area contributed by atoms with Crippen molar-refractivity contribution in [2.45, 2.75) is 32.5 Å². The molecule has 1 atom stereocenters. The lowest BCUT2D eigenvalue weighted by molar-refractivity contribution is -0.137. The molecule has 26 heavy (non-hydrogen) atoms. The number of pyridine rings is 1. The minimum atomic E-state index is -4.37. The van der Waals surface area contributed by atoms with Gasteiger partial charge >= 0.3 is 12.2 Å². The summed E-state index contributed by atoms with van der Waals surface area (Å²) in [6, 6.07) is 5.63. The molecule has 1 aromatic heterocycles. The molecule has 0 aliphatic carbocycles. The Morgan fingerprint density at radius 2 is 1.81 bits per heavy atom. The molecule has 0 saturated carbocycles. The van der Waals surface area contributed by atoms with Gasteiger partial charge in [0.2, 0.25) is 0 Å². The Bertz CT molecular complexity index is 842. The number of rotatable bonds is 4. The maximum absolute atomic E-state index is 12.6. The van der Waals surface area contributed by atoms with E-state index in [1.54, 1.807) is 33.2 Å². The first kappa shape index (κ1) is 19.6. The number of alkyl halides is 3. The molecule has 2 aromatic rings. The maximum atomic E-state index is 12.6. The Labute approximate surface area is 148 Å². The standard InChI is InChI=1S/C18H20F3N3O2/c1-11-8-9-24(3)16(25)15(11)23-17(26)22-12(2)10-13-4-6-14(7-5-13)18(19,20)21/h4-9,12H,10H2,1-3H3,(H2,22,23,26). The van der Waals surface area contributed by atoms with E-state index in [2.05, 4.69) is 10.6 Å². The summed E-state index contributed by atoms with van der Waals surface area (Å²) in [6.45, 7) is 3.44. The lowest BCUT2D eigenvalue weighted by atomic mass is 10.1. The normalized spacial score (nSPS) is 12.5. The zero-order valence-corrected chi connectivity index (χ0v) is 14.6. The van der Waals surface area contributed by atoms with Crippen molar-refractivity contribution in [3.8, 4) is 0 Å². The van der Waals surface area contributed by atoms with Crippen molar-refractivity contribution in [1.82, 2.24) is 9.88 Å². The van der Waals surface area contributed by atoms with Crippen molar-refractivity contribution in [3.05, 3.63) is 63.6 Å². The van der Waals surface area contributed by atoms with Gasteiger partial charge in [-0.2, -0.15) is 13.2 Å². The molecule has 0 saturated heterocycles. The van der Waals surface area contributed by atoms with Crippen LogP contribution in [0.1, 0.15) is 23.6 Å². The van der Waals surface area contributed by atoms with Crippen LogP contribution in [0.15, 0.2) is 41.3 Å². The van der Waals surface area contributed by atoms with Gasteiger partial charge in [-0.1, -0.05) is 12.1 Å². The summed E-state index contributed by atoms with van der Waals surface area (Å²) in [4.78, 5) is 24.1. The van der Waals surface area contributed by atoms with Crippen LogP contribution in [0.25, 0.3) is 0 Å². The first-order valence-corrected chi connectivity index (χ1v) is 7.98. The van der Waals surface area contributed by atoms with Crippen LogP contribution in [-0.4, -0.2) is 16.6 Å². The predicted molar refractivity (Wildman–Crippen MR) is 93.2 cm³/mol. The summed E-state index contributed by atoms with van der Waals surface area (Å²) in [5.41, 5.74) is 0.455. The zero-order valence-electron chi connectivity index (χ0n) is 14.6. The summed E-state index contributed by atoms with van der Waals surface area (Å²) in [5, 5.41) is 5.21. The molecule has 0 fully saturated rings. The second-order valence-electron chi connectivity index (χ2n) is 6.19. The number of anilines is 1. The van der Waals surface area contributed by atoms with Gasteiger partial charge in [0.1, 0.15) is 5.69 Å². The van der Waals surface area contributed by atoms with Crippen LogP contribution in [0.5, 0.6) is 0 Å². The van der Waals surface area contributed by atoms with Crippen LogP contribution in [0.3, 0.4) is 0 Å². The van der Waals surface area contributed by atoms with Crippen LogP contribution in [0.4, 0.5) is 23.7 Å². The number of carbonyl (C=O) groups excluding carboxylic acids is 1. The van der Waals surface area contributed by atoms with Crippen LogP contribution in [-0.2, 0) is 19.6 Å². The van der Waals surface area contributed by atoms with E-state index in [1.165, 1.54) is 16.7 Å². The van der Waals surface area contributed by atoms with Gasteiger partial charge in [-0.25, -0.2) is 4.79 Å². The van der Waals surface area contributed by atoms with Crippen molar-refractivity contribution in [1.29, 1.82) is 0 Å². The van der Waals surface area contributed by atoms with Crippen molar-refractivity contribution in [2.75, 3.05) is 5.32 Å². The Morgan fingerprint density at radius 1 is 1.19 bits per heavy atom. The van der Waals surface area contributed by atoms with E-state index in [9.17, 15) is 22.8 Å². The summed E-state index contributed by atoms with van der Waals surface area (Å²) in [5.74, 6) is 0. The number of carbonyl (C=O) groups is 1. The van der Waals surface area contributed by atoms with Gasteiger partial charge in [0.05, 0.1) is 5.56 Å². The third kappa shape index (κ3) is 4.87. The van der Waals surface area contributed by atoms with Crippen molar-refractivity contribution >= 4 is 11.7 Å². The third-order valence-electron chi connectivity index (χ3n) is 3.92. The van der Waals surface area contributed by atoms with Crippen molar-refractivity contribution in [3.63, 3.8) is 0 Å². The van der Waals surface area contributed by atoms with E-state index in [0.29, 0.717) is 17.5 Å². The number of halogens is 3. The molecule has 2 N–H and O–H groups in total. The van der Waals surface area contributed by atoms with Crippen molar-refractivity contribution < 1.29 is 18.0 Å². The summed E-state index contributed by atoms with van der Waals surface area (Å²) >= 11 is 0.